The van der Waals surface area contributed by atoms with Crippen LogP contribution in [0.3, 0.4) is 0 Å². The fraction of sp³-hybridized carbons (Fsp3) is 0.556. The number of carbonyl (C=O) groups is 1. The van der Waals surface area contributed by atoms with Gasteiger partial charge in [0.25, 0.3) is 6.43 Å². The van der Waals surface area contributed by atoms with Crippen LogP contribution < -0.4 is 0 Å². The van der Waals surface area contributed by atoms with Gasteiger partial charge < -0.3 is 14.3 Å². The van der Waals surface area contributed by atoms with Gasteiger partial charge in [0.1, 0.15) is 6.61 Å². The van der Waals surface area contributed by atoms with Gasteiger partial charge in [-0.1, -0.05) is 0 Å². The van der Waals surface area contributed by atoms with Crippen molar-refractivity contribution >= 4 is 5.97 Å². The first-order valence-corrected chi connectivity index (χ1v) is 4.54. The van der Waals surface area contributed by atoms with E-state index < -0.39 is 23.8 Å². The summed E-state index contributed by atoms with van der Waals surface area (Å²) in [5, 5.41) is 8.60. The molecule has 0 aliphatic rings. The molecule has 0 bridgehead atoms. The molecule has 0 spiro atoms. The molecule has 1 rings (SSSR count). The zero-order valence-corrected chi connectivity index (χ0v) is 8.74. The Morgan fingerprint density at radius 1 is 1.56 bits per heavy atom. The largest absolute Gasteiger partial charge is 0.475 e. The van der Waals surface area contributed by atoms with Crippen LogP contribution in [-0.2, 0) is 11.3 Å². The topological polar surface area (TPSA) is 72.6 Å². The Hall–Kier alpha value is -1.50. The number of aromatic carboxylic acids is 1. The molecule has 1 N–H and O–H groups in total. The Kier molecular flexibility index (Phi) is 3.94. The van der Waals surface area contributed by atoms with E-state index >= 15 is 0 Å². The number of oxazole rings is 1. The van der Waals surface area contributed by atoms with Gasteiger partial charge in [-0.05, 0) is 13.8 Å². The molecule has 0 aromatic carbocycles. The van der Waals surface area contributed by atoms with Crippen molar-refractivity contribution in [1.29, 1.82) is 0 Å². The van der Waals surface area contributed by atoms with E-state index in [1.807, 2.05) is 0 Å². The molecule has 5 nitrogen and oxygen atoms in total. The fourth-order valence-electron chi connectivity index (χ4n) is 0.979. The molecule has 0 aliphatic heterocycles. The summed E-state index contributed by atoms with van der Waals surface area (Å²) in [5.74, 6) is -2.57. The first-order chi connectivity index (χ1) is 7.41. The minimum absolute atomic E-state index is 0.129. The van der Waals surface area contributed by atoms with E-state index in [2.05, 4.69) is 9.40 Å². The first kappa shape index (κ1) is 12.6. The average molecular weight is 235 g/mol. The third kappa shape index (κ3) is 2.99. The first-order valence-electron chi connectivity index (χ1n) is 4.54. The molecule has 16 heavy (non-hydrogen) atoms. The molecule has 0 unspecified atom stereocenters. The highest BCUT2D eigenvalue weighted by atomic mass is 19.3. The number of rotatable bonds is 5. The Balaban J connectivity index is 2.88. The molecular weight excluding hydrogens is 224 g/mol. The summed E-state index contributed by atoms with van der Waals surface area (Å²) >= 11 is 0. The van der Waals surface area contributed by atoms with Crippen molar-refractivity contribution in [3.05, 3.63) is 17.3 Å². The molecule has 1 heterocycles. The van der Waals surface area contributed by atoms with Gasteiger partial charge in [0, 0.05) is 0 Å². The van der Waals surface area contributed by atoms with Crippen LogP contribution in [0.4, 0.5) is 8.78 Å². The van der Waals surface area contributed by atoms with Crippen molar-refractivity contribution in [1.82, 2.24) is 4.98 Å². The van der Waals surface area contributed by atoms with Gasteiger partial charge in [-0.3, -0.25) is 0 Å². The van der Waals surface area contributed by atoms with E-state index in [0.29, 0.717) is 0 Å². The van der Waals surface area contributed by atoms with E-state index in [0.717, 1.165) is 0 Å². The highest BCUT2D eigenvalue weighted by molar-refractivity contribution is 5.85. The predicted molar refractivity (Wildman–Crippen MR) is 48.3 cm³/mol. The second-order valence-corrected chi connectivity index (χ2v) is 3.29. The number of ether oxygens (including phenoxy) is 1. The van der Waals surface area contributed by atoms with Crippen LogP contribution in [0.1, 0.15) is 42.4 Å². The maximum absolute atomic E-state index is 12.4. The summed E-state index contributed by atoms with van der Waals surface area (Å²) in [6.45, 7) is 3.36. The van der Waals surface area contributed by atoms with Crippen molar-refractivity contribution in [3.63, 3.8) is 0 Å². The molecule has 90 valence electrons. The number of halogens is 2. The zero-order valence-electron chi connectivity index (χ0n) is 8.74. The average Bonchev–Trinajstić information content (AvgIpc) is 2.58. The Morgan fingerprint density at radius 3 is 2.56 bits per heavy atom. The molecule has 7 heteroatoms. The molecule has 0 saturated carbocycles. The number of aromatic nitrogens is 1. The van der Waals surface area contributed by atoms with Crippen molar-refractivity contribution < 1.29 is 27.8 Å². The number of hydrogen-bond donors (Lipinski definition) is 1. The summed E-state index contributed by atoms with van der Waals surface area (Å²) < 4.78 is 34.5. The second kappa shape index (κ2) is 5.02. The monoisotopic (exact) mass is 235 g/mol. The predicted octanol–water partition coefficient (Wildman–Crippen LogP) is 2.24. The van der Waals surface area contributed by atoms with Crippen LogP contribution in [0.5, 0.6) is 0 Å². The molecule has 1 aromatic heterocycles. The molecule has 0 radical (unpaired) electrons. The molecule has 0 atom stereocenters. The number of nitrogens with zero attached hydrogens (tertiary/aromatic N) is 1. The second-order valence-electron chi connectivity index (χ2n) is 3.29. The van der Waals surface area contributed by atoms with Crippen LogP contribution in [0, 0.1) is 0 Å². The van der Waals surface area contributed by atoms with Crippen LogP contribution in [0.2, 0.25) is 0 Å². The Labute approximate surface area is 90.0 Å². The van der Waals surface area contributed by atoms with Gasteiger partial charge in [-0.15, -0.1) is 0 Å². The van der Waals surface area contributed by atoms with E-state index in [1.165, 1.54) is 0 Å². The van der Waals surface area contributed by atoms with Gasteiger partial charge in [0.15, 0.2) is 5.69 Å². The molecule has 0 saturated heterocycles. The van der Waals surface area contributed by atoms with Gasteiger partial charge in [-0.2, -0.15) is 0 Å². The van der Waals surface area contributed by atoms with E-state index in [-0.39, 0.29) is 18.6 Å². The standard InChI is InChI=1S/C9H11F2NO4/c1-4(2)15-3-5-12-6(8(10)11)7(16-5)9(13)14/h4,8H,3H2,1-2H3,(H,13,14). The van der Waals surface area contributed by atoms with E-state index in [4.69, 9.17) is 9.84 Å². The number of alkyl halides is 2. The molecule has 0 aliphatic carbocycles. The fourth-order valence-corrected chi connectivity index (χ4v) is 0.979. The van der Waals surface area contributed by atoms with Crippen molar-refractivity contribution in [2.24, 2.45) is 0 Å². The summed E-state index contributed by atoms with van der Waals surface area (Å²) in [6.07, 6.45) is -3.11. The maximum atomic E-state index is 12.4. The summed E-state index contributed by atoms with van der Waals surface area (Å²) in [5.41, 5.74) is -0.866. The van der Waals surface area contributed by atoms with Crippen molar-refractivity contribution in [2.45, 2.75) is 33.0 Å². The van der Waals surface area contributed by atoms with Crippen LogP contribution >= 0.6 is 0 Å². The third-order valence-corrected chi connectivity index (χ3v) is 1.64. The Bertz CT molecular complexity index is 376. The number of carboxylic acids is 1. The summed E-state index contributed by atoms with van der Waals surface area (Å²) in [6, 6.07) is 0. The zero-order chi connectivity index (χ0) is 12.3. The lowest BCUT2D eigenvalue weighted by Gasteiger charge is -2.03. The van der Waals surface area contributed by atoms with Gasteiger partial charge >= 0.3 is 5.97 Å². The van der Waals surface area contributed by atoms with Gasteiger partial charge in [0.05, 0.1) is 6.10 Å². The quantitative estimate of drug-likeness (QED) is 0.847. The lowest BCUT2D eigenvalue weighted by atomic mass is 10.3. The number of carboxylic acid groups (broad SMARTS) is 1. The normalized spacial score (nSPS) is 11.4. The lowest BCUT2D eigenvalue weighted by Crippen LogP contribution is -2.02. The SMILES string of the molecule is CC(C)OCc1nc(C(F)F)c(C(=O)O)o1. The lowest BCUT2D eigenvalue weighted by molar-refractivity contribution is 0.0489. The summed E-state index contributed by atoms with van der Waals surface area (Å²) in [4.78, 5) is 14.0. The highest BCUT2D eigenvalue weighted by Gasteiger charge is 2.26. The van der Waals surface area contributed by atoms with E-state index in [1.54, 1.807) is 13.8 Å². The van der Waals surface area contributed by atoms with Gasteiger partial charge in [0.2, 0.25) is 11.7 Å². The third-order valence-electron chi connectivity index (χ3n) is 1.64. The smallest absolute Gasteiger partial charge is 0.374 e. The van der Waals surface area contributed by atoms with E-state index in [9.17, 15) is 13.6 Å². The Morgan fingerprint density at radius 2 is 2.19 bits per heavy atom. The molecule has 1 aromatic rings. The maximum Gasteiger partial charge on any atom is 0.374 e. The van der Waals surface area contributed by atoms with Crippen LogP contribution in [-0.4, -0.2) is 22.2 Å². The summed E-state index contributed by atoms with van der Waals surface area (Å²) in [7, 11) is 0. The molecule has 0 amide bonds. The number of hydrogen-bond acceptors (Lipinski definition) is 4. The van der Waals surface area contributed by atoms with Crippen molar-refractivity contribution in [3.8, 4) is 0 Å². The van der Waals surface area contributed by atoms with Crippen molar-refractivity contribution in [2.75, 3.05) is 0 Å². The molecular formula is C9H11F2NO4. The molecule has 0 fully saturated rings. The van der Waals surface area contributed by atoms with Crippen LogP contribution in [0.25, 0.3) is 0 Å². The minimum Gasteiger partial charge on any atom is -0.475 e. The highest BCUT2D eigenvalue weighted by Crippen LogP contribution is 2.23. The van der Waals surface area contributed by atoms with Gasteiger partial charge in [-0.25, -0.2) is 18.6 Å². The van der Waals surface area contributed by atoms with Crippen LogP contribution in [0.15, 0.2) is 4.42 Å². The minimum atomic E-state index is -2.98.